The fourth-order valence-corrected chi connectivity index (χ4v) is 13.0. The van der Waals surface area contributed by atoms with Crippen molar-refractivity contribution in [3.05, 3.63) is 65.7 Å². The van der Waals surface area contributed by atoms with Gasteiger partial charge in [-0.3, -0.25) is 109 Å². The summed E-state index contributed by atoms with van der Waals surface area (Å²) in [6, 6.07) is -11.3. The Balaban J connectivity index is 2.59. The second-order valence-electron chi connectivity index (χ2n) is 32.6. The Kier molecular flexibility index (Phi) is 57.1. The molecule has 16 amide bonds. The number of hydrogen-bond donors (Lipinski definition) is 42. The molecule has 0 spiro atoms. The molecule has 49 N–H and O–H groups in total. The first kappa shape index (κ1) is 122. The molecule has 15 atom stereocenters. The number of aliphatic hydroxyl groups is 5. The van der Waals surface area contributed by atoms with Gasteiger partial charge in [0, 0.05) is 52.1 Å². The number of guanidine groups is 6. The van der Waals surface area contributed by atoms with E-state index in [4.69, 9.17) is 72.6 Å². The smallest absolute Gasteiger partial charge is 0.326 e. The molecular formula is C82H139N35O24. The number of carbonyl (C=O) groups is 17. The summed E-state index contributed by atoms with van der Waals surface area (Å²) in [7, 11) is 0. The molecule has 0 unspecified atom stereocenters. The second-order valence-corrected chi connectivity index (χ2v) is 32.6. The van der Waals surface area contributed by atoms with E-state index in [1.807, 2.05) is 0 Å². The molecule has 0 radical (unpaired) electrons. The molecule has 0 heterocycles. The number of phenols is 1. The quantitative estimate of drug-likeness (QED) is 0.0166. The lowest BCUT2D eigenvalue weighted by Crippen LogP contribution is -2.62. The number of carboxylic acids is 1. The van der Waals surface area contributed by atoms with Crippen LogP contribution in [0, 0.1) is 38.4 Å². The van der Waals surface area contributed by atoms with Gasteiger partial charge in [0.2, 0.25) is 94.5 Å². The highest BCUT2D eigenvalue weighted by atomic mass is 16.4. The van der Waals surface area contributed by atoms with Crippen molar-refractivity contribution in [3.63, 3.8) is 0 Å². The molecular weight excluding hydrogens is 1860 g/mol. The van der Waals surface area contributed by atoms with E-state index in [9.17, 15) is 117 Å². The van der Waals surface area contributed by atoms with Crippen LogP contribution in [0.25, 0.3) is 0 Å². The SMILES string of the molecule is CC(C)C[C@H](NC(=O)[C@H](CCCNC(=N)N)NC(=O)CNC(=O)CNC(=O)[C@@H](N)CCCNC(=N)N)C(=O)N[C@@H](CO)C(=O)N[C@@H](Cc1ccc(O)cc1)C(=O)N[C@@H](CO)C(=O)N[C@@H](CCCNC(=N)N)C(=O)N[C@@H](CCCNC(=N)N)C(=O)N[C@@H](CCCNC(=N)N)C(=O)N[C@@H](Cc1ccccc1)C(=O)N[C@@H](CO)C(=O)N[C@H](C(=O)N[C@@H](CO)C(=O)NCC(=O)N[C@@H](CCCNC(=N)N)C(=O)O)[C@@H](C)O. The molecule has 141 heavy (non-hydrogen) atoms. The average molecular weight is 2000 g/mol. The average Bonchev–Trinajstić information content (AvgIpc) is 0.848. The molecule has 0 aliphatic heterocycles. The van der Waals surface area contributed by atoms with Crippen LogP contribution in [-0.4, -0.2) is 348 Å². The summed E-state index contributed by atoms with van der Waals surface area (Å²) in [5, 5.41) is 171. The van der Waals surface area contributed by atoms with Crippen molar-refractivity contribution in [2.75, 3.05) is 85.3 Å². The summed E-state index contributed by atoms with van der Waals surface area (Å²) < 4.78 is 0. The van der Waals surface area contributed by atoms with Crippen molar-refractivity contribution in [1.82, 2.24) is 117 Å². The molecule has 59 nitrogen and oxygen atoms in total. The Bertz CT molecular complexity index is 4520. The largest absolute Gasteiger partial charge is 0.508 e. The van der Waals surface area contributed by atoms with E-state index in [-0.39, 0.29) is 140 Å². The van der Waals surface area contributed by atoms with Crippen molar-refractivity contribution < 1.29 is 117 Å². The lowest BCUT2D eigenvalue weighted by Gasteiger charge is -2.28. The highest BCUT2D eigenvalue weighted by Crippen LogP contribution is 2.16. The summed E-state index contributed by atoms with van der Waals surface area (Å²) in [6.45, 7) is -2.70. The molecule has 2 aromatic carbocycles. The number of nitrogens with one attached hydrogen (secondary N) is 28. The number of aliphatic hydroxyl groups excluding tert-OH is 5. The van der Waals surface area contributed by atoms with Crippen LogP contribution in [-0.2, 0) is 94.3 Å². The zero-order chi connectivity index (χ0) is 106. The van der Waals surface area contributed by atoms with E-state index in [0.29, 0.717) is 12.0 Å². The minimum atomic E-state index is -2.04. The number of nitrogens with two attached hydrogens (primary N) is 7. The summed E-state index contributed by atoms with van der Waals surface area (Å²) >= 11 is 0. The normalized spacial score (nSPS) is 14.0. The van der Waals surface area contributed by atoms with Gasteiger partial charge < -0.3 is 193 Å². The minimum absolute atomic E-state index is 0.0173. The van der Waals surface area contributed by atoms with Crippen LogP contribution in [0.5, 0.6) is 5.75 Å². The van der Waals surface area contributed by atoms with Crippen LogP contribution >= 0.6 is 0 Å². The first-order chi connectivity index (χ1) is 66.6. The van der Waals surface area contributed by atoms with E-state index < -0.39 is 280 Å². The van der Waals surface area contributed by atoms with E-state index in [1.165, 1.54) is 36.4 Å². The lowest BCUT2D eigenvalue weighted by atomic mass is 10.0. The number of rotatable bonds is 68. The standard InChI is InChI=1S/C82H139N35O24/c1-41(2)31-52(110-65(129)47(16-8-26-97-78(86)87)105-60(125)35-102-59(124)34-103-63(127)46(83)15-7-25-96-77(84)85)69(133)113-57(39-120)73(137)112-54(33-44-21-23-45(123)24-22-44)71(135)114-56(38-119)72(136)109-49(18-10-28-99-80(90)91)67(131)107-48(17-9-27-98-79(88)89)66(130)108-50(19-11-29-100-81(92)93)68(132)111-53(32-43-13-5-4-6-14-43)70(134)115-58(40-121)74(138)117-62(42(3)122)75(139)116-55(37-118)64(128)104-36-61(126)106-51(76(140)141)20-12-30-101-82(94)95/h4-6,13-14,21-24,41-42,46-58,62,118-123H,7-12,15-20,25-40,83H2,1-3H3,(H,102,124)(H,103,127)(H,104,128)(H,105,125)(H,106,126)(H,107,131)(H,108,130)(H,109,136)(H,110,129)(H,111,132)(H,112,137)(H,113,133)(H,114,135)(H,115,134)(H,116,139)(H,117,138)(H,140,141)(H4,84,85,96)(H4,86,87,97)(H4,88,89,98)(H4,90,91,99)(H4,92,93,100)(H4,94,95,101)/t42-,46+,47+,48+,49+,50+,51+,52+,53+,54+,55+,56+,57+,58+,62+/m1/s1. The summed E-state index contributed by atoms with van der Waals surface area (Å²) in [5.41, 5.74) is 39.1. The number of phenolic OH excluding ortho intramolecular Hbond substituents is 1. The molecule has 0 aromatic heterocycles. The zero-order valence-electron chi connectivity index (χ0n) is 78.3. The topological polar surface area (TPSA) is 1020 Å². The number of carbonyl (C=O) groups excluding carboxylic acids is 16. The maximum Gasteiger partial charge on any atom is 0.326 e. The highest BCUT2D eigenvalue weighted by molar-refractivity contribution is 6.01. The lowest BCUT2D eigenvalue weighted by molar-refractivity contribution is -0.142. The third kappa shape index (κ3) is 51.0. The number of carboxylic acid groups (broad SMARTS) is 1. The van der Waals surface area contributed by atoms with Gasteiger partial charge in [-0.1, -0.05) is 56.3 Å². The predicted molar refractivity (Wildman–Crippen MR) is 506 cm³/mol. The van der Waals surface area contributed by atoms with Crippen molar-refractivity contribution >= 4 is 136 Å². The number of amides is 16. The van der Waals surface area contributed by atoms with Gasteiger partial charge in [0.05, 0.1) is 58.2 Å². The molecule has 0 bridgehead atoms. The van der Waals surface area contributed by atoms with E-state index in [0.717, 1.165) is 6.92 Å². The van der Waals surface area contributed by atoms with E-state index >= 15 is 0 Å². The number of benzene rings is 2. The van der Waals surface area contributed by atoms with Crippen molar-refractivity contribution in [3.8, 4) is 5.75 Å². The molecule has 0 saturated carbocycles. The van der Waals surface area contributed by atoms with Gasteiger partial charge in [0.15, 0.2) is 35.8 Å². The van der Waals surface area contributed by atoms with Gasteiger partial charge in [-0.15, -0.1) is 0 Å². The van der Waals surface area contributed by atoms with E-state index in [1.54, 1.807) is 32.0 Å². The van der Waals surface area contributed by atoms with Crippen molar-refractivity contribution in [1.29, 1.82) is 32.5 Å². The van der Waals surface area contributed by atoms with Crippen LogP contribution in [0.1, 0.15) is 115 Å². The molecule has 59 heteroatoms. The highest BCUT2D eigenvalue weighted by Gasteiger charge is 2.39. The van der Waals surface area contributed by atoms with Gasteiger partial charge in [0.1, 0.15) is 84.3 Å². The fourth-order valence-electron chi connectivity index (χ4n) is 13.0. The Morgan fingerprint density at radius 1 is 0.298 bits per heavy atom. The third-order valence-electron chi connectivity index (χ3n) is 20.3. The number of aliphatic carboxylic acids is 1. The Morgan fingerprint density at radius 2 is 0.567 bits per heavy atom. The zero-order valence-corrected chi connectivity index (χ0v) is 78.3. The Morgan fingerprint density at radius 3 is 0.922 bits per heavy atom. The van der Waals surface area contributed by atoms with Crippen molar-refractivity contribution in [2.45, 2.75) is 208 Å². The number of hydrogen-bond acceptors (Lipinski definition) is 30. The van der Waals surface area contributed by atoms with Gasteiger partial charge >= 0.3 is 5.97 Å². The maximum absolute atomic E-state index is 15.0. The maximum atomic E-state index is 15.0. The number of aromatic hydroxyl groups is 1. The van der Waals surface area contributed by atoms with Crippen LogP contribution in [0.15, 0.2) is 54.6 Å². The van der Waals surface area contributed by atoms with Crippen molar-refractivity contribution in [2.24, 2.45) is 46.1 Å². The Labute approximate surface area is 810 Å². The molecule has 0 fully saturated rings. The first-order valence-corrected chi connectivity index (χ1v) is 44.8. The summed E-state index contributed by atoms with van der Waals surface area (Å²) in [5.74, 6) is -22.5. The Hall–Kier alpha value is -15.4. The second kappa shape index (κ2) is 66.2. The summed E-state index contributed by atoms with van der Waals surface area (Å²) in [6.07, 6.45) is -3.83. The summed E-state index contributed by atoms with van der Waals surface area (Å²) in [4.78, 5) is 235. The van der Waals surface area contributed by atoms with Gasteiger partial charge in [-0.25, -0.2) is 4.79 Å². The molecule has 786 valence electrons. The van der Waals surface area contributed by atoms with Crippen LogP contribution in [0.3, 0.4) is 0 Å². The molecule has 0 aliphatic rings. The molecule has 0 saturated heterocycles. The monoisotopic (exact) mass is 2000 g/mol. The van der Waals surface area contributed by atoms with E-state index in [2.05, 4.69) is 117 Å². The van der Waals surface area contributed by atoms with Crippen LogP contribution in [0.4, 0.5) is 0 Å². The van der Waals surface area contributed by atoms with Gasteiger partial charge in [-0.05, 0) is 120 Å². The van der Waals surface area contributed by atoms with Crippen LogP contribution < -0.4 is 157 Å². The van der Waals surface area contributed by atoms with Gasteiger partial charge in [-0.2, -0.15) is 0 Å². The molecule has 2 rings (SSSR count). The first-order valence-electron chi connectivity index (χ1n) is 44.8. The third-order valence-corrected chi connectivity index (χ3v) is 20.3. The van der Waals surface area contributed by atoms with Gasteiger partial charge in [0.25, 0.3) is 0 Å². The minimum Gasteiger partial charge on any atom is -0.508 e. The fraction of sp³-hybridized carbons (Fsp3) is 0.573. The molecule has 0 aliphatic carbocycles. The molecule has 2 aromatic rings. The van der Waals surface area contributed by atoms with Crippen LogP contribution in [0.2, 0.25) is 0 Å². The predicted octanol–water partition coefficient (Wildman–Crippen LogP) is -15.8.